The van der Waals surface area contributed by atoms with Crippen molar-refractivity contribution in [3.8, 4) is 28.7 Å². The van der Waals surface area contributed by atoms with Gasteiger partial charge in [0.25, 0.3) is 0 Å². The van der Waals surface area contributed by atoms with E-state index in [0.717, 1.165) is 16.7 Å². The van der Waals surface area contributed by atoms with E-state index >= 15 is 0 Å². The molecule has 15 heteroatoms. The number of thioether (sulfide) groups is 1. The molecule has 3 saturated heterocycles. The first-order valence-corrected chi connectivity index (χ1v) is 21.5. The number of nitriles is 1. The van der Waals surface area contributed by atoms with Gasteiger partial charge in [-0.2, -0.15) is 17.0 Å². The van der Waals surface area contributed by atoms with E-state index in [2.05, 4.69) is 46.5 Å². The third-order valence-electron chi connectivity index (χ3n) is 13.2. The van der Waals surface area contributed by atoms with Crippen molar-refractivity contribution < 1.29 is 48.0 Å². The molecule has 4 aliphatic heterocycles. The number of benzene rings is 3. The van der Waals surface area contributed by atoms with Crippen LogP contribution in [-0.2, 0) is 39.8 Å². The Balaban J connectivity index is 1.06. The third-order valence-corrected chi connectivity index (χ3v) is 14.2. The maximum Gasteiger partial charge on any atom is 0.357 e. The lowest BCUT2D eigenvalue weighted by molar-refractivity contribution is -0.155. The zero-order valence-corrected chi connectivity index (χ0v) is 35.7. The summed E-state index contributed by atoms with van der Waals surface area (Å²) in [6.07, 6.45) is 0.393. The van der Waals surface area contributed by atoms with Crippen molar-refractivity contribution in [1.82, 2.24) is 9.80 Å². The van der Waals surface area contributed by atoms with Crippen molar-refractivity contribution in [2.45, 2.75) is 68.4 Å². The molecule has 61 heavy (non-hydrogen) atoms. The molecule has 0 saturated carbocycles. The molecule has 3 fully saturated rings. The number of piperidine rings is 1. The number of hydrogen-bond donors (Lipinski definition) is 1. The number of ketones is 1. The highest BCUT2D eigenvalue weighted by Gasteiger charge is 2.64. The molecule has 0 spiro atoms. The van der Waals surface area contributed by atoms with Gasteiger partial charge in [-0.15, -0.1) is 0 Å². The number of oxime groups is 1. The number of ether oxygens (including phenoxy) is 6. The van der Waals surface area contributed by atoms with Gasteiger partial charge in [0.2, 0.25) is 6.79 Å². The number of hydrogen-bond acceptors (Lipinski definition) is 15. The monoisotopic (exact) mass is 848 g/mol. The van der Waals surface area contributed by atoms with Crippen molar-refractivity contribution in [3.05, 3.63) is 105 Å². The van der Waals surface area contributed by atoms with Crippen molar-refractivity contribution in [1.29, 1.82) is 5.26 Å². The number of aryl methyl sites for hydroxylation is 1. The first kappa shape index (κ1) is 41.0. The Morgan fingerprint density at radius 2 is 1.74 bits per heavy atom. The average molecular weight is 849 g/mol. The summed E-state index contributed by atoms with van der Waals surface area (Å²) in [6, 6.07) is 18.1. The van der Waals surface area contributed by atoms with Crippen molar-refractivity contribution in [2.75, 3.05) is 60.1 Å². The summed E-state index contributed by atoms with van der Waals surface area (Å²) in [7, 11) is 6.45. The molecule has 318 valence electrons. The van der Waals surface area contributed by atoms with E-state index in [1.54, 1.807) is 25.8 Å². The van der Waals surface area contributed by atoms with Crippen LogP contribution in [0.15, 0.2) is 82.4 Å². The zero-order chi connectivity index (χ0) is 42.7. The summed E-state index contributed by atoms with van der Waals surface area (Å²) in [6.45, 7) is 3.00. The molecule has 0 amide bonds. The number of esters is 1. The number of rotatable bonds is 12. The van der Waals surface area contributed by atoms with E-state index in [9.17, 15) is 20.0 Å². The van der Waals surface area contributed by atoms with Gasteiger partial charge < -0.3 is 38.4 Å². The second-order valence-electron chi connectivity index (χ2n) is 16.2. The molecule has 6 atom stereocenters. The molecular formula is C46H48N4O10S. The van der Waals surface area contributed by atoms with Crippen LogP contribution in [0.5, 0.6) is 11.5 Å². The van der Waals surface area contributed by atoms with Crippen LogP contribution in [0, 0.1) is 18.3 Å². The maximum absolute atomic E-state index is 14.5. The van der Waals surface area contributed by atoms with Crippen LogP contribution in [0.2, 0.25) is 0 Å². The second kappa shape index (κ2) is 16.2. The van der Waals surface area contributed by atoms with Gasteiger partial charge in [0.15, 0.2) is 46.9 Å². The number of carbonyl (C=O) groups excluding carboxylic acids is 2. The number of piperazine rings is 1. The van der Waals surface area contributed by atoms with Gasteiger partial charge in [0.05, 0.1) is 25.3 Å². The predicted molar refractivity (Wildman–Crippen MR) is 225 cm³/mol. The normalized spacial score (nSPS) is 26.5. The Labute approximate surface area is 358 Å². The molecule has 3 aromatic carbocycles. The standard InChI is InChI=1S/C46H48N4O10S/c1-24-15-26-16-33-35(18-47)50-34(39(49(33)3)37(26)42(40(24)55-5)58-22-54-4)17-46(53)38(43-41(59-23-60-43)25(2)44(46)51)36(50)19-57-45(52)32(48-56-6)21-61-20-31-29-13-9-7-11-27(29)28-12-8-10-14-30(28)31/h7-15,31,33-36,39,53H,16-17,19-23H2,1-6H3/b48-32+/t33?,34?,35-,36-,39?,46+/m0/s1. The SMILES string of the molecule is COCOc1c(OC)c(C)cc2c1C1C3C[C@]4(O)C(=O)C(C)=C5OCOC5=C4[C@H](COC(=O)/C(CSCC4c5ccccc5-c5ccccc54)=N/OC)N3[C@@H](C#N)C(C2)N1C. The molecule has 3 aromatic rings. The predicted octanol–water partition coefficient (Wildman–Crippen LogP) is 5.17. The van der Waals surface area contributed by atoms with Gasteiger partial charge in [-0.25, -0.2) is 4.79 Å². The van der Waals surface area contributed by atoms with Crippen LogP contribution in [0.4, 0.5) is 0 Å². The quantitative estimate of drug-likeness (QED) is 0.110. The minimum atomic E-state index is -2.09. The lowest BCUT2D eigenvalue weighted by Crippen LogP contribution is -2.74. The fraction of sp³-hybridized carbons (Fsp3) is 0.435. The minimum absolute atomic E-state index is 0.0481. The van der Waals surface area contributed by atoms with Crippen LogP contribution in [0.3, 0.4) is 0 Å². The molecule has 9 rings (SSSR count). The average Bonchev–Trinajstić information content (AvgIpc) is 3.87. The van der Waals surface area contributed by atoms with Gasteiger partial charge in [0, 0.05) is 59.7 Å². The minimum Gasteiger partial charge on any atom is -0.493 e. The van der Waals surface area contributed by atoms with Crippen LogP contribution in [0.1, 0.15) is 53.1 Å². The Morgan fingerprint density at radius 1 is 1.03 bits per heavy atom. The number of carbonyl (C=O) groups is 2. The summed E-state index contributed by atoms with van der Waals surface area (Å²) >= 11 is 1.55. The number of nitrogens with zero attached hydrogens (tertiary/aromatic N) is 4. The highest BCUT2D eigenvalue weighted by Crippen LogP contribution is 2.57. The van der Waals surface area contributed by atoms with Crippen LogP contribution in [0.25, 0.3) is 11.1 Å². The lowest BCUT2D eigenvalue weighted by atomic mass is 9.65. The molecule has 2 aliphatic carbocycles. The topological polar surface area (TPSA) is 162 Å². The summed E-state index contributed by atoms with van der Waals surface area (Å²) < 4.78 is 35.5. The summed E-state index contributed by atoms with van der Waals surface area (Å²) in [5.41, 5.74) is 5.95. The summed E-state index contributed by atoms with van der Waals surface area (Å²) in [5, 5.41) is 28.1. The van der Waals surface area contributed by atoms with Gasteiger partial charge in [-0.05, 0) is 60.7 Å². The fourth-order valence-corrected chi connectivity index (χ4v) is 11.8. The Bertz CT molecular complexity index is 2400. The van der Waals surface area contributed by atoms with E-state index in [-0.39, 0.29) is 72.7 Å². The highest BCUT2D eigenvalue weighted by molar-refractivity contribution is 8.00. The van der Waals surface area contributed by atoms with Crippen molar-refractivity contribution in [2.24, 2.45) is 5.16 Å². The van der Waals surface area contributed by atoms with E-state index < -0.39 is 41.5 Å². The number of likely N-dealkylation sites (N-methyl/N-ethyl adjacent to an activating group) is 1. The second-order valence-corrected chi connectivity index (χ2v) is 17.3. The Kier molecular flexibility index (Phi) is 10.9. The first-order valence-electron chi connectivity index (χ1n) is 20.3. The maximum atomic E-state index is 14.5. The third kappa shape index (κ3) is 6.41. The first-order chi connectivity index (χ1) is 29.6. The molecule has 1 N–H and O–H groups in total. The number of fused-ring (bicyclic) bond motifs is 11. The van der Waals surface area contributed by atoms with Crippen molar-refractivity contribution in [3.63, 3.8) is 0 Å². The molecule has 14 nitrogen and oxygen atoms in total. The van der Waals surface area contributed by atoms with Gasteiger partial charge in [-0.3, -0.25) is 14.6 Å². The lowest BCUT2D eigenvalue weighted by Gasteiger charge is -2.62. The molecule has 0 radical (unpaired) electrons. The molecule has 0 aromatic heterocycles. The van der Waals surface area contributed by atoms with Gasteiger partial charge >= 0.3 is 5.97 Å². The zero-order valence-electron chi connectivity index (χ0n) is 34.9. The molecule has 6 aliphatic rings. The van der Waals surface area contributed by atoms with E-state index in [1.807, 2.05) is 43.1 Å². The van der Waals surface area contributed by atoms with Gasteiger partial charge in [0.1, 0.15) is 19.8 Å². The van der Waals surface area contributed by atoms with Crippen LogP contribution < -0.4 is 9.47 Å². The Hall–Kier alpha value is -5.37. The van der Waals surface area contributed by atoms with E-state index in [4.69, 9.17) is 33.3 Å². The van der Waals surface area contributed by atoms with Crippen molar-refractivity contribution >= 4 is 29.2 Å². The van der Waals surface area contributed by atoms with E-state index in [0.29, 0.717) is 23.7 Å². The molecule has 3 unspecified atom stereocenters. The van der Waals surface area contributed by atoms with Crippen LogP contribution in [-0.4, -0.2) is 122 Å². The van der Waals surface area contributed by atoms with Gasteiger partial charge in [-0.1, -0.05) is 59.8 Å². The number of Topliss-reactive ketones (excluding diaryl/α,β-unsaturated/α-hetero) is 1. The fourth-order valence-electron chi connectivity index (χ4n) is 10.7. The summed E-state index contributed by atoms with van der Waals surface area (Å²) in [4.78, 5) is 37.9. The van der Waals surface area contributed by atoms with Crippen LogP contribution >= 0.6 is 11.8 Å². The molecule has 2 bridgehead atoms. The smallest absolute Gasteiger partial charge is 0.357 e. The molecular weight excluding hydrogens is 801 g/mol. The Morgan fingerprint density at radius 3 is 2.41 bits per heavy atom. The largest absolute Gasteiger partial charge is 0.493 e. The summed E-state index contributed by atoms with van der Waals surface area (Å²) in [5.74, 6) is 1.23. The van der Waals surface area contributed by atoms with E-state index in [1.165, 1.54) is 36.5 Å². The number of aliphatic hydroxyl groups is 1. The number of methoxy groups -OCH3 is 2. The highest BCUT2D eigenvalue weighted by atomic mass is 32.2. The molecule has 4 heterocycles.